The highest BCUT2D eigenvalue weighted by atomic mass is 19.4. The van der Waals surface area contributed by atoms with Gasteiger partial charge in [0.2, 0.25) is 0 Å². The van der Waals surface area contributed by atoms with E-state index in [-0.39, 0.29) is 6.04 Å². The predicted octanol–water partition coefficient (Wildman–Crippen LogP) is 6.05. The first-order chi connectivity index (χ1) is 11.9. The van der Waals surface area contributed by atoms with Gasteiger partial charge in [-0.1, -0.05) is 54.6 Å². The van der Waals surface area contributed by atoms with Gasteiger partial charge in [0.15, 0.2) is 0 Å². The number of alkyl halides is 3. The Hall–Kier alpha value is -2.33. The second-order valence-electron chi connectivity index (χ2n) is 6.35. The minimum Gasteiger partial charge on any atom is -0.295 e. The molecule has 0 heterocycles. The molecule has 0 saturated heterocycles. The minimum atomic E-state index is -4.29. The maximum atomic E-state index is 12.7. The lowest BCUT2D eigenvalue weighted by atomic mass is 9.98. The molecule has 0 amide bonds. The average molecular weight is 343 g/mol. The number of fused-ring (bicyclic) bond motifs is 1. The standard InChI is InChI=1S/C21H20F3N/c1-15(19-9-5-7-17-6-3-4-8-20(17)19)25(2)14-16-10-12-18(13-11-16)21(22,23)24/h3-13,15H,14H2,1-2H3/t15-/m1/s1. The number of halogens is 3. The first-order valence-corrected chi connectivity index (χ1v) is 8.20. The van der Waals surface area contributed by atoms with Crippen LogP contribution in [0.25, 0.3) is 10.8 Å². The lowest BCUT2D eigenvalue weighted by molar-refractivity contribution is -0.137. The Morgan fingerprint density at radius 2 is 1.52 bits per heavy atom. The van der Waals surface area contributed by atoms with Gasteiger partial charge >= 0.3 is 6.18 Å². The van der Waals surface area contributed by atoms with Crippen LogP contribution in [0.1, 0.15) is 29.7 Å². The van der Waals surface area contributed by atoms with Gasteiger partial charge in [0.25, 0.3) is 0 Å². The summed E-state index contributed by atoms with van der Waals surface area (Å²) in [5, 5.41) is 2.39. The van der Waals surface area contributed by atoms with Crippen molar-refractivity contribution in [3.8, 4) is 0 Å². The molecule has 0 spiro atoms. The van der Waals surface area contributed by atoms with Crippen LogP contribution in [0.4, 0.5) is 13.2 Å². The normalized spacial score (nSPS) is 13.4. The molecule has 0 bridgehead atoms. The van der Waals surface area contributed by atoms with Crippen molar-refractivity contribution in [2.45, 2.75) is 25.7 Å². The van der Waals surface area contributed by atoms with Crippen molar-refractivity contribution in [1.29, 1.82) is 0 Å². The zero-order chi connectivity index (χ0) is 18.0. The molecule has 3 rings (SSSR count). The van der Waals surface area contributed by atoms with Crippen molar-refractivity contribution in [1.82, 2.24) is 4.90 Å². The summed E-state index contributed by atoms with van der Waals surface area (Å²) >= 11 is 0. The van der Waals surface area contributed by atoms with Crippen LogP contribution in [0.15, 0.2) is 66.7 Å². The third-order valence-electron chi connectivity index (χ3n) is 4.65. The monoisotopic (exact) mass is 343 g/mol. The third kappa shape index (κ3) is 3.85. The molecule has 0 N–H and O–H groups in total. The second-order valence-corrected chi connectivity index (χ2v) is 6.35. The SMILES string of the molecule is C[C@H](c1cccc2ccccc12)N(C)Cc1ccc(C(F)(F)F)cc1. The van der Waals surface area contributed by atoms with E-state index in [1.54, 1.807) is 12.1 Å². The Kier molecular flexibility index (Phi) is 4.82. The summed E-state index contributed by atoms with van der Waals surface area (Å²) in [7, 11) is 1.99. The van der Waals surface area contributed by atoms with Gasteiger partial charge in [-0.3, -0.25) is 4.90 Å². The summed E-state index contributed by atoms with van der Waals surface area (Å²) in [6.07, 6.45) is -4.29. The topological polar surface area (TPSA) is 3.24 Å². The lowest BCUT2D eigenvalue weighted by Crippen LogP contribution is -2.22. The molecule has 4 heteroatoms. The van der Waals surface area contributed by atoms with Gasteiger partial charge in [0.1, 0.15) is 0 Å². The van der Waals surface area contributed by atoms with Gasteiger partial charge in [-0.05, 0) is 48.0 Å². The zero-order valence-corrected chi connectivity index (χ0v) is 14.2. The molecule has 1 nitrogen and oxygen atoms in total. The van der Waals surface area contributed by atoms with Gasteiger partial charge in [0.05, 0.1) is 5.56 Å². The van der Waals surface area contributed by atoms with E-state index >= 15 is 0 Å². The minimum absolute atomic E-state index is 0.147. The number of nitrogens with zero attached hydrogens (tertiary/aromatic N) is 1. The van der Waals surface area contributed by atoms with E-state index in [9.17, 15) is 13.2 Å². The molecule has 3 aromatic carbocycles. The van der Waals surface area contributed by atoms with E-state index in [1.807, 2.05) is 25.2 Å². The molecule has 0 aliphatic rings. The highest BCUT2D eigenvalue weighted by Crippen LogP contribution is 2.30. The number of hydrogen-bond donors (Lipinski definition) is 0. The van der Waals surface area contributed by atoms with Gasteiger partial charge in [0, 0.05) is 12.6 Å². The molecular weight excluding hydrogens is 323 g/mol. The van der Waals surface area contributed by atoms with E-state index in [0.29, 0.717) is 6.54 Å². The van der Waals surface area contributed by atoms with E-state index in [0.717, 1.165) is 17.7 Å². The summed E-state index contributed by atoms with van der Waals surface area (Å²) in [6.45, 7) is 2.70. The van der Waals surface area contributed by atoms with Gasteiger partial charge in [-0.25, -0.2) is 0 Å². The van der Waals surface area contributed by atoms with Crippen LogP contribution in [-0.2, 0) is 12.7 Å². The van der Waals surface area contributed by atoms with Crippen molar-refractivity contribution in [2.75, 3.05) is 7.05 Å². The van der Waals surface area contributed by atoms with Gasteiger partial charge in [-0.15, -0.1) is 0 Å². The molecule has 3 aromatic rings. The highest BCUT2D eigenvalue weighted by molar-refractivity contribution is 5.86. The fourth-order valence-corrected chi connectivity index (χ4v) is 3.08. The van der Waals surface area contributed by atoms with E-state index < -0.39 is 11.7 Å². The smallest absolute Gasteiger partial charge is 0.295 e. The number of rotatable bonds is 4. The van der Waals surface area contributed by atoms with Crippen molar-refractivity contribution < 1.29 is 13.2 Å². The average Bonchev–Trinajstić information content (AvgIpc) is 2.60. The molecule has 0 unspecified atom stereocenters. The molecule has 0 aliphatic heterocycles. The molecule has 25 heavy (non-hydrogen) atoms. The fourth-order valence-electron chi connectivity index (χ4n) is 3.08. The Morgan fingerprint density at radius 3 is 2.20 bits per heavy atom. The summed E-state index contributed by atoms with van der Waals surface area (Å²) < 4.78 is 38.0. The molecule has 1 atom stereocenters. The first-order valence-electron chi connectivity index (χ1n) is 8.20. The maximum absolute atomic E-state index is 12.7. The Balaban J connectivity index is 1.79. The van der Waals surface area contributed by atoms with Crippen LogP contribution < -0.4 is 0 Å². The molecule has 130 valence electrons. The van der Waals surface area contributed by atoms with Crippen molar-refractivity contribution in [3.05, 3.63) is 83.4 Å². The van der Waals surface area contributed by atoms with E-state index in [4.69, 9.17) is 0 Å². The summed E-state index contributed by atoms with van der Waals surface area (Å²) in [5.74, 6) is 0. The van der Waals surface area contributed by atoms with Crippen LogP contribution >= 0.6 is 0 Å². The van der Waals surface area contributed by atoms with Crippen LogP contribution in [0.3, 0.4) is 0 Å². The third-order valence-corrected chi connectivity index (χ3v) is 4.65. The summed E-state index contributed by atoms with van der Waals surface area (Å²) in [4.78, 5) is 2.14. The molecule has 0 aliphatic carbocycles. The second kappa shape index (κ2) is 6.89. The number of hydrogen-bond acceptors (Lipinski definition) is 1. The maximum Gasteiger partial charge on any atom is 0.416 e. The number of benzene rings is 3. The van der Waals surface area contributed by atoms with Gasteiger partial charge < -0.3 is 0 Å². The molecule has 0 fully saturated rings. The lowest BCUT2D eigenvalue weighted by Gasteiger charge is -2.26. The Labute approximate surface area is 145 Å². The van der Waals surface area contributed by atoms with Crippen LogP contribution in [0.5, 0.6) is 0 Å². The van der Waals surface area contributed by atoms with Crippen LogP contribution in [0, 0.1) is 0 Å². The van der Waals surface area contributed by atoms with Crippen molar-refractivity contribution in [2.24, 2.45) is 0 Å². The zero-order valence-electron chi connectivity index (χ0n) is 14.2. The van der Waals surface area contributed by atoms with Crippen molar-refractivity contribution in [3.63, 3.8) is 0 Å². The molecule has 0 saturated carbocycles. The van der Waals surface area contributed by atoms with Gasteiger partial charge in [-0.2, -0.15) is 13.2 Å². The quantitative estimate of drug-likeness (QED) is 0.557. The fraction of sp³-hybridized carbons (Fsp3) is 0.238. The largest absolute Gasteiger partial charge is 0.416 e. The molecule has 0 radical (unpaired) electrons. The molecule has 0 aromatic heterocycles. The predicted molar refractivity (Wildman–Crippen MR) is 95.3 cm³/mol. The Bertz CT molecular complexity index is 848. The summed E-state index contributed by atoms with van der Waals surface area (Å²) in [6, 6.07) is 20.0. The van der Waals surface area contributed by atoms with Crippen molar-refractivity contribution >= 4 is 10.8 Å². The molecular formula is C21H20F3N. The first kappa shape index (κ1) is 17.5. The highest BCUT2D eigenvalue weighted by Gasteiger charge is 2.30. The Morgan fingerprint density at radius 1 is 0.880 bits per heavy atom. The van der Waals surface area contributed by atoms with E-state index in [1.165, 1.54) is 16.3 Å². The summed E-state index contributed by atoms with van der Waals surface area (Å²) in [5.41, 5.74) is 1.47. The van der Waals surface area contributed by atoms with Crippen LogP contribution in [0.2, 0.25) is 0 Å². The van der Waals surface area contributed by atoms with Crippen LogP contribution in [-0.4, -0.2) is 11.9 Å². The van der Waals surface area contributed by atoms with E-state index in [2.05, 4.69) is 36.1 Å².